The van der Waals surface area contributed by atoms with Crippen molar-refractivity contribution in [3.63, 3.8) is 0 Å². The lowest BCUT2D eigenvalue weighted by Crippen LogP contribution is -2.44. The smallest absolute Gasteiger partial charge is 0.253 e. The third-order valence-corrected chi connectivity index (χ3v) is 6.53. The van der Waals surface area contributed by atoms with Crippen LogP contribution in [-0.4, -0.2) is 39.6 Å². The van der Waals surface area contributed by atoms with Crippen molar-refractivity contribution in [2.45, 2.75) is 39.0 Å². The van der Waals surface area contributed by atoms with Crippen LogP contribution in [0.15, 0.2) is 54.6 Å². The molecule has 0 bridgehead atoms. The van der Waals surface area contributed by atoms with E-state index in [4.69, 9.17) is 5.10 Å². The highest BCUT2D eigenvalue weighted by Gasteiger charge is 2.31. The number of anilines is 1. The Morgan fingerprint density at radius 3 is 2.56 bits per heavy atom. The fraction of sp³-hybridized carbons (Fsp3) is 0.346. The Hall–Kier alpha value is -3.41. The van der Waals surface area contributed by atoms with Gasteiger partial charge < -0.3 is 10.2 Å². The molecule has 6 heteroatoms. The number of benzene rings is 2. The SMILES string of the molecule is Cc1ccc(C(=O)N2CCC[C@@H](C(=O)Nc3c4c(nn3-c3ccccc3)CCC4)C2)cc1. The standard InChI is InChI=1S/C26H28N4O2/c1-18-12-14-19(15-13-18)26(32)29-16-6-7-20(17-29)25(31)27-24-22-10-5-11-23(22)28-30(24)21-8-3-2-4-9-21/h2-4,8-9,12-15,20H,5-7,10-11,16-17H2,1H3,(H,27,31)/t20-/m1/s1. The van der Waals surface area contributed by atoms with E-state index in [9.17, 15) is 9.59 Å². The van der Waals surface area contributed by atoms with Crippen molar-refractivity contribution in [2.24, 2.45) is 5.92 Å². The number of carbonyl (C=O) groups excluding carboxylic acids is 2. The Labute approximate surface area is 188 Å². The van der Waals surface area contributed by atoms with E-state index in [-0.39, 0.29) is 17.7 Å². The van der Waals surface area contributed by atoms with Crippen LogP contribution in [0.1, 0.15) is 46.4 Å². The molecule has 1 N–H and O–H groups in total. The molecule has 32 heavy (non-hydrogen) atoms. The van der Waals surface area contributed by atoms with E-state index >= 15 is 0 Å². The highest BCUT2D eigenvalue weighted by atomic mass is 16.2. The molecule has 1 aliphatic heterocycles. The van der Waals surface area contributed by atoms with Gasteiger partial charge in [-0.15, -0.1) is 0 Å². The largest absolute Gasteiger partial charge is 0.338 e. The molecule has 0 radical (unpaired) electrons. The first-order valence-electron chi connectivity index (χ1n) is 11.4. The number of aromatic nitrogens is 2. The molecule has 2 aromatic carbocycles. The van der Waals surface area contributed by atoms with Gasteiger partial charge in [-0.3, -0.25) is 9.59 Å². The third kappa shape index (κ3) is 3.93. The molecule has 1 fully saturated rings. The van der Waals surface area contributed by atoms with Gasteiger partial charge in [0.2, 0.25) is 5.91 Å². The first-order valence-corrected chi connectivity index (χ1v) is 11.4. The summed E-state index contributed by atoms with van der Waals surface area (Å²) in [6, 6.07) is 17.6. The zero-order valence-corrected chi connectivity index (χ0v) is 18.4. The molecule has 5 rings (SSSR count). The Bertz CT molecular complexity index is 1130. The topological polar surface area (TPSA) is 67.2 Å². The lowest BCUT2D eigenvalue weighted by molar-refractivity contribution is -0.121. The Morgan fingerprint density at radius 2 is 1.78 bits per heavy atom. The van der Waals surface area contributed by atoms with Crippen molar-refractivity contribution < 1.29 is 9.59 Å². The summed E-state index contributed by atoms with van der Waals surface area (Å²) < 4.78 is 1.86. The van der Waals surface area contributed by atoms with E-state index in [0.29, 0.717) is 18.7 Å². The van der Waals surface area contributed by atoms with Gasteiger partial charge in [-0.1, -0.05) is 35.9 Å². The predicted molar refractivity (Wildman–Crippen MR) is 124 cm³/mol. The maximum Gasteiger partial charge on any atom is 0.253 e. The average molecular weight is 429 g/mol. The number of nitrogens with zero attached hydrogens (tertiary/aromatic N) is 3. The molecule has 6 nitrogen and oxygen atoms in total. The van der Waals surface area contributed by atoms with Crippen LogP contribution in [0.25, 0.3) is 5.69 Å². The number of fused-ring (bicyclic) bond motifs is 1. The van der Waals surface area contributed by atoms with Gasteiger partial charge in [0.05, 0.1) is 17.3 Å². The van der Waals surface area contributed by atoms with Crippen LogP contribution in [0.4, 0.5) is 5.82 Å². The van der Waals surface area contributed by atoms with Gasteiger partial charge in [-0.25, -0.2) is 4.68 Å². The second-order valence-electron chi connectivity index (χ2n) is 8.82. The van der Waals surface area contributed by atoms with Crippen LogP contribution in [-0.2, 0) is 17.6 Å². The monoisotopic (exact) mass is 428 g/mol. The van der Waals surface area contributed by atoms with Crippen molar-refractivity contribution in [1.82, 2.24) is 14.7 Å². The molecule has 3 aromatic rings. The molecule has 0 spiro atoms. The number of hydrogen-bond acceptors (Lipinski definition) is 3. The number of aryl methyl sites for hydroxylation is 2. The zero-order chi connectivity index (χ0) is 22.1. The summed E-state index contributed by atoms with van der Waals surface area (Å²) in [5.74, 6) is 0.529. The van der Waals surface area contributed by atoms with E-state index in [2.05, 4.69) is 5.32 Å². The lowest BCUT2D eigenvalue weighted by atomic mass is 9.96. The Kier molecular flexibility index (Phi) is 5.52. The number of rotatable bonds is 4. The third-order valence-electron chi connectivity index (χ3n) is 6.53. The van der Waals surface area contributed by atoms with Crippen LogP contribution < -0.4 is 5.32 Å². The minimum Gasteiger partial charge on any atom is -0.338 e. The summed E-state index contributed by atoms with van der Waals surface area (Å²) in [5, 5.41) is 7.98. The lowest BCUT2D eigenvalue weighted by Gasteiger charge is -2.32. The number of carbonyl (C=O) groups is 2. The molecule has 0 saturated carbocycles. The average Bonchev–Trinajstić information content (AvgIpc) is 3.42. The molecule has 1 saturated heterocycles. The molecule has 1 atom stereocenters. The van der Waals surface area contributed by atoms with Gasteiger partial charge in [-0.2, -0.15) is 5.10 Å². The maximum absolute atomic E-state index is 13.3. The fourth-order valence-corrected chi connectivity index (χ4v) is 4.75. The second-order valence-corrected chi connectivity index (χ2v) is 8.82. The van der Waals surface area contributed by atoms with E-state index in [1.807, 2.05) is 71.1 Å². The number of nitrogens with one attached hydrogen (secondary N) is 1. The fourth-order valence-electron chi connectivity index (χ4n) is 4.75. The van der Waals surface area contributed by atoms with E-state index in [0.717, 1.165) is 60.4 Å². The Morgan fingerprint density at radius 1 is 1.00 bits per heavy atom. The van der Waals surface area contributed by atoms with Gasteiger partial charge >= 0.3 is 0 Å². The van der Waals surface area contributed by atoms with E-state index in [1.165, 1.54) is 0 Å². The second kappa shape index (κ2) is 8.61. The number of para-hydroxylation sites is 1. The Balaban J connectivity index is 1.34. The summed E-state index contributed by atoms with van der Waals surface area (Å²) in [4.78, 5) is 28.1. The van der Waals surface area contributed by atoms with Gasteiger partial charge in [0.25, 0.3) is 5.91 Å². The molecule has 1 aliphatic carbocycles. The summed E-state index contributed by atoms with van der Waals surface area (Å²) in [6.45, 7) is 3.14. The van der Waals surface area contributed by atoms with Gasteiger partial charge in [0.1, 0.15) is 5.82 Å². The summed E-state index contributed by atoms with van der Waals surface area (Å²) >= 11 is 0. The van der Waals surface area contributed by atoms with Gasteiger partial charge in [-0.05, 0) is 63.3 Å². The van der Waals surface area contributed by atoms with Crippen molar-refractivity contribution in [3.05, 3.63) is 77.0 Å². The first kappa shape index (κ1) is 20.5. The highest BCUT2D eigenvalue weighted by Crippen LogP contribution is 2.32. The number of piperidine rings is 1. The minimum atomic E-state index is -0.227. The van der Waals surface area contributed by atoms with Gasteiger partial charge in [0, 0.05) is 24.2 Å². The number of likely N-dealkylation sites (tertiary alicyclic amines) is 1. The quantitative estimate of drug-likeness (QED) is 0.679. The van der Waals surface area contributed by atoms with Crippen molar-refractivity contribution >= 4 is 17.6 Å². The zero-order valence-electron chi connectivity index (χ0n) is 18.4. The van der Waals surface area contributed by atoms with Gasteiger partial charge in [0.15, 0.2) is 0 Å². The normalized spacial score (nSPS) is 17.8. The molecule has 164 valence electrons. The van der Waals surface area contributed by atoms with Crippen LogP contribution in [0.5, 0.6) is 0 Å². The molecule has 1 aromatic heterocycles. The molecule has 2 heterocycles. The first-order chi connectivity index (χ1) is 15.6. The molecular weight excluding hydrogens is 400 g/mol. The summed E-state index contributed by atoms with van der Waals surface area (Å²) in [7, 11) is 0. The van der Waals surface area contributed by atoms with Crippen molar-refractivity contribution in [1.29, 1.82) is 0 Å². The molecular formula is C26H28N4O2. The van der Waals surface area contributed by atoms with Crippen LogP contribution in [0.2, 0.25) is 0 Å². The highest BCUT2D eigenvalue weighted by molar-refractivity contribution is 5.96. The summed E-state index contributed by atoms with van der Waals surface area (Å²) in [6.07, 6.45) is 4.55. The molecule has 0 unspecified atom stereocenters. The van der Waals surface area contributed by atoms with Crippen LogP contribution in [0.3, 0.4) is 0 Å². The molecule has 2 amide bonds. The van der Waals surface area contributed by atoms with E-state index in [1.54, 1.807) is 0 Å². The van der Waals surface area contributed by atoms with E-state index < -0.39 is 0 Å². The predicted octanol–water partition coefficient (Wildman–Crippen LogP) is 4.16. The van der Waals surface area contributed by atoms with Crippen LogP contribution in [0, 0.1) is 12.8 Å². The maximum atomic E-state index is 13.3. The van der Waals surface area contributed by atoms with Crippen LogP contribution >= 0.6 is 0 Å². The number of amides is 2. The summed E-state index contributed by atoms with van der Waals surface area (Å²) in [5.41, 5.74) is 4.96. The number of hydrogen-bond donors (Lipinski definition) is 1. The minimum absolute atomic E-state index is 0.00211. The van der Waals surface area contributed by atoms with Crippen molar-refractivity contribution in [3.8, 4) is 5.69 Å². The molecule has 2 aliphatic rings. The van der Waals surface area contributed by atoms with Crippen molar-refractivity contribution in [2.75, 3.05) is 18.4 Å².